The van der Waals surface area contributed by atoms with Crippen LogP contribution in [-0.4, -0.2) is 33.2 Å². The van der Waals surface area contributed by atoms with Crippen LogP contribution < -0.4 is 4.90 Å². The predicted octanol–water partition coefficient (Wildman–Crippen LogP) is 3.82. The Morgan fingerprint density at radius 3 is 2.43 bits per heavy atom. The molecule has 0 unspecified atom stereocenters. The van der Waals surface area contributed by atoms with Gasteiger partial charge >= 0.3 is 5.97 Å². The molecule has 0 aliphatic carbocycles. The maximum absolute atomic E-state index is 11.9. The number of hydrogen-bond donors (Lipinski definition) is 0. The number of anilines is 1. The highest BCUT2D eigenvalue weighted by Crippen LogP contribution is 2.22. The summed E-state index contributed by atoms with van der Waals surface area (Å²) in [5, 5.41) is 7.70. The summed E-state index contributed by atoms with van der Waals surface area (Å²) < 4.78 is 5.34. The van der Waals surface area contributed by atoms with Gasteiger partial charge in [0, 0.05) is 19.8 Å². The first-order valence-corrected chi connectivity index (χ1v) is 7.19. The van der Waals surface area contributed by atoms with Gasteiger partial charge < -0.3 is 9.64 Å². The average Bonchev–Trinajstić information content (AvgIpc) is 2.48. The van der Waals surface area contributed by atoms with Crippen LogP contribution in [0.2, 0.25) is 0 Å². The minimum absolute atomic E-state index is 0.142. The van der Waals surface area contributed by atoms with E-state index in [-0.39, 0.29) is 5.97 Å². The Kier molecular flexibility index (Phi) is 6.34. The zero-order valence-electron chi connectivity index (χ0n) is 13.6. The molecule has 5 nitrogen and oxygen atoms in total. The molecule has 0 amide bonds. The molecule has 1 aromatic carbocycles. The van der Waals surface area contributed by atoms with E-state index in [9.17, 15) is 4.79 Å². The highest BCUT2D eigenvalue weighted by Gasteiger charge is 2.26. The lowest BCUT2D eigenvalue weighted by atomic mass is 9.91. The molecule has 1 aromatic rings. The fourth-order valence-corrected chi connectivity index (χ4v) is 1.63. The van der Waals surface area contributed by atoms with Gasteiger partial charge in [0.05, 0.1) is 17.6 Å². The van der Waals surface area contributed by atoms with Crippen molar-refractivity contribution in [3.05, 3.63) is 24.3 Å². The maximum Gasteiger partial charge on any atom is 0.311 e. The third kappa shape index (κ3) is 5.17. The van der Waals surface area contributed by atoms with E-state index < -0.39 is 5.41 Å². The number of nitrogens with zero attached hydrogens (tertiary/aromatic N) is 3. The van der Waals surface area contributed by atoms with E-state index in [2.05, 4.69) is 10.2 Å². The molecule has 0 radical (unpaired) electrons. The second-order valence-electron chi connectivity index (χ2n) is 5.61. The number of azo groups is 1. The molecule has 0 atom stereocenters. The predicted molar refractivity (Wildman–Crippen MR) is 85.2 cm³/mol. The van der Waals surface area contributed by atoms with Crippen molar-refractivity contribution >= 4 is 17.3 Å². The lowest BCUT2D eigenvalue weighted by Crippen LogP contribution is -2.30. The van der Waals surface area contributed by atoms with Gasteiger partial charge in [-0.3, -0.25) is 4.79 Å². The average molecular weight is 291 g/mol. The highest BCUT2D eigenvalue weighted by atomic mass is 16.5. The molecule has 0 saturated carbocycles. The molecule has 1 rings (SSSR count). The van der Waals surface area contributed by atoms with Crippen LogP contribution in [0.1, 0.15) is 27.2 Å². The molecule has 116 valence electrons. The van der Waals surface area contributed by atoms with Gasteiger partial charge in [-0.25, -0.2) is 0 Å². The molecule has 0 N–H and O–H groups in total. The Hall–Kier alpha value is -1.91. The SMILES string of the molecule is CCC(C)(C)C(=O)OCCN(C)c1ccc(/N=N/C)cc1. The molecule has 21 heavy (non-hydrogen) atoms. The summed E-state index contributed by atoms with van der Waals surface area (Å²) in [7, 11) is 3.61. The number of esters is 1. The summed E-state index contributed by atoms with van der Waals surface area (Å²) in [4.78, 5) is 13.9. The van der Waals surface area contributed by atoms with Crippen molar-refractivity contribution in [3.63, 3.8) is 0 Å². The Balaban J connectivity index is 2.47. The monoisotopic (exact) mass is 291 g/mol. The summed E-state index contributed by atoms with van der Waals surface area (Å²) in [6.45, 7) is 6.83. The normalized spacial score (nSPS) is 11.7. The summed E-state index contributed by atoms with van der Waals surface area (Å²) in [5.41, 5.74) is 1.47. The molecule has 0 aliphatic heterocycles. The molecule has 0 heterocycles. The summed E-state index contributed by atoms with van der Waals surface area (Å²) in [5.74, 6) is -0.142. The number of likely N-dealkylation sites (N-methyl/N-ethyl adjacent to an activating group) is 1. The van der Waals surface area contributed by atoms with Crippen molar-refractivity contribution in [1.82, 2.24) is 0 Å². The van der Waals surface area contributed by atoms with Crippen LogP contribution in [-0.2, 0) is 9.53 Å². The van der Waals surface area contributed by atoms with Crippen molar-refractivity contribution in [2.45, 2.75) is 27.2 Å². The fraction of sp³-hybridized carbons (Fsp3) is 0.562. The van der Waals surface area contributed by atoms with Crippen molar-refractivity contribution in [1.29, 1.82) is 0 Å². The van der Waals surface area contributed by atoms with E-state index in [0.717, 1.165) is 17.8 Å². The Labute approximate surface area is 127 Å². The van der Waals surface area contributed by atoms with E-state index in [1.807, 2.05) is 57.0 Å². The van der Waals surface area contributed by atoms with Gasteiger partial charge in [-0.2, -0.15) is 10.2 Å². The number of rotatable bonds is 7. The molecule has 0 aromatic heterocycles. The van der Waals surface area contributed by atoms with Crippen LogP contribution >= 0.6 is 0 Å². The topological polar surface area (TPSA) is 54.3 Å². The molecular formula is C16H25N3O2. The fourth-order valence-electron chi connectivity index (χ4n) is 1.63. The third-order valence-corrected chi connectivity index (χ3v) is 3.60. The Bertz CT molecular complexity index is 481. The maximum atomic E-state index is 11.9. The van der Waals surface area contributed by atoms with E-state index in [1.165, 1.54) is 0 Å². The minimum Gasteiger partial charge on any atom is -0.463 e. The van der Waals surface area contributed by atoms with Crippen LogP contribution in [0.15, 0.2) is 34.5 Å². The molecule has 0 fully saturated rings. The van der Waals surface area contributed by atoms with Crippen LogP contribution in [0.25, 0.3) is 0 Å². The summed E-state index contributed by atoms with van der Waals surface area (Å²) >= 11 is 0. The van der Waals surface area contributed by atoms with Gasteiger partial charge in [0.25, 0.3) is 0 Å². The van der Waals surface area contributed by atoms with Crippen LogP contribution in [0.3, 0.4) is 0 Å². The quantitative estimate of drug-likeness (QED) is 0.567. The molecule has 5 heteroatoms. The molecule has 0 bridgehead atoms. The molecule has 0 saturated heterocycles. The Morgan fingerprint density at radius 2 is 1.90 bits per heavy atom. The highest BCUT2D eigenvalue weighted by molar-refractivity contribution is 5.75. The van der Waals surface area contributed by atoms with E-state index in [0.29, 0.717) is 13.2 Å². The van der Waals surface area contributed by atoms with Gasteiger partial charge in [0.15, 0.2) is 0 Å². The van der Waals surface area contributed by atoms with Gasteiger partial charge in [0.1, 0.15) is 6.61 Å². The van der Waals surface area contributed by atoms with Gasteiger partial charge in [0.2, 0.25) is 0 Å². The second kappa shape index (κ2) is 7.76. The molecular weight excluding hydrogens is 266 g/mol. The standard InChI is InChI=1S/C16H25N3O2/c1-6-16(2,3)15(20)21-12-11-19(5)14-9-7-13(8-10-14)18-17-4/h7-10H,6,11-12H2,1-5H3/b18-17+. The molecule has 0 aliphatic rings. The molecule has 0 spiro atoms. The lowest BCUT2D eigenvalue weighted by Gasteiger charge is -2.23. The van der Waals surface area contributed by atoms with Crippen LogP contribution in [0.4, 0.5) is 11.4 Å². The summed E-state index contributed by atoms with van der Waals surface area (Å²) in [6.07, 6.45) is 0.773. The van der Waals surface area contributed by atoms with E-state index >= 15 is 0 Å². The largest absolute Gasteiger partial charge is 0.463 e. The first kappa shape index (κ1) is 17.1. The third-order valence-electron chi connectivity index (χ3n) is 3.60. The van der Waals surface area contributed by atoms with Crippen molar-refractivity contribution in [2.75, 3.05) is 32.1 Å². The van der Waals surface area contributed by atoms with Crippen LogP contribution in [0.5, 0.6) is 0 Å². The minimum atomic E-state index is -0.411. The smallest absolute Gasteiger partial charge is 0.311 e. The van der Waals surface area contributed by atoms with Crippen molar-refractivity contribution in [2.24, 2.45) is 15.6 Å². The first-order valence-electron chi connectivity index (χ1n) is 7.19. The number of carbonyl (C=O) groups is 1. The Morgan fingerprint density at radius 1 is 1.29 bits per heavy atom. The number of hydrogen-bond acceptors (Lipinski definition) is 5. The van der Waals surface area contributed by atoms with Gasteiger partial charge in [-0.1, -0.05) is 6.92 Å². The zero-order chi connectivity index (χ0) is 15.9. The number of benzene rings is 1. The second-order valence-corrected chi connectivity index (χ2v) is 5.61. The van der Waals surface area contributed by atoms with Gasteiger partial charge in [-0.05, 0) is 44.5 Å². The van der Waals surface area contributed by atoms with Gasteiger partial charge in [-0.15, -0.1) is 0 Å². The van der Waals surface area contributed by atoms with E-state index in [4.69, 9.17) is 4.74 Å². The first-order chi connectivity index (χ1) is 9.90. The number of carbonyl (C=O) groups excluding carboxylic acids is 1. The van der Waals surface area contributed by atoms with E-state index in [1.54, 1.807) is 7.05 Å². The summed E-state index contributed by atoms with van der Waals surface area (Å²) in [6, 6.07) is 7.76. The van der Waals surface area contributed by atoms with Crippen molar-refractivity contribution in [3.8, 4) is 0 Å². The number of ether oxygens (including phenoxy) is 1. The lowest BCUT2D eigenvalue weighted by molar-refractivity contribution is -0.153. The zero-order valence-corrected chi connectivity index (χ0v) is 13.6. The van der Waals surface area contributed by atoms with Crippen LogP contribution in [0, 0.1) is 5.41 Å². The van der Waals surface area contributed by atoms with Crippen molar-refractivity contribution < 1.29 is 9.53 Å².